The van der Waals surface area contributed by atoms with Crippen molar-refractivity contribution in [2.75, 3.05) is 11.9 Å². The standard InChI is InChI=1S/C25H23ClN2O3/c1-25(2,3)16-8-11-18(12-9-16)30-15-23(29)27-20-7-5-4-6-19(20)24-28-21-14-17(26)10-13-22(21)31-24/h4-14H,15H2,1-3H3,(H,27,29). The molecular weight excluding hydrogens is 412 g/mol. The van der Waals surface area contributed by atoms with Crippen LogP contribution in [-0.4, -0.2) is 17.5 Å². The zero-order valence-electron chi connectivity index (χ0n) is 17.6. The molecule has 4 aromatic rings. The van der Waals surface area contributed by atoms with Gasteiger partial charge in [-0.1, -0.05) is 56.6 Å². The van der Waals surface area contributed by atoms with Gasteiger partial charge in [-0.15, -0.1) is 0 Å². The van der Waals surface area contributed by atoms with Crippen molar-refractivity contribution in [1.29, 1.82) is 0 Å². The van der Waals surface area contributed by atoms with Crippen LogP contribution < -0.4 is 10.1 Å². The van der Waals surface area contributed by atoms with Gasteiger partial charge >= 0.3 is 0 Å². The van der Waals surface area contributed by atoms with Crippen LogP contribution in [0.25, 0.3) is 22.6 Å². The number of halogens is 1. The smallest absolute Gasteiger partial charge is 0.262 e. The Labute approximate surface area is 186 Å². The second-order valence-electron chi connectivity index (χ2n) is 8.29. The summed E-state index contributed by atoms with van der Waals surface area (Å²) in [5, 5.41) is 3.47. The van der Waals surface area contributed by atoms with Gasteiger partial charge in [-0.2, -0.15) is 0 Å². The fourth-order valence-electron chi connectivity index (χ4n) is 3.18. The van der Waals surface area contributed by atoms with Gasteiger partial charge in [0, 0.05) is 5.02 Å². The number of nitrogens with zero attached hydrogens (tertiary/aromatic N) is 1. The van der Waals surface area contributed by atoms with Crippen molar-refractivity contribution in [2.45, 2.75) is 26.2 Å². The fraction of sp³-hybridized carbons (Fsp3) is 0.200. The molecule has 0 bridgehead atoms. The number of ether oxygens (including phenoxy) is 1. The van der Waals surface area contributed by atoms with Crippen LogP contribution in [0.15, 0.2) is 71.1 Å². The molecule has 0 saturated carbocycles. The summed E-state index contributed by atoms with van der Waals surface area (Å²) in [6, 6.07) is 20.4. The summed E-state index contributed by atoms with van der Waals surface area (Å²) in [5.74, 6) is 0.783. The lowest BCUT2D eigenvalue weighted by Gasteiger charge is -2.19. The van der Waals surface area contributed by atoms with Gasteiger partial charge in [-0.3, -0.25) is 4.79 Å². The molecular formula is C25H23ClN2O3. The van der Waals surface area contributed by atoms with Gasteiger partial charge in [0.1, 0.15) is 11.3 Å². The van der Waals surface area contributed by atoms with Crippen LogP contribution in [-0.2, 0) is 10.2 Å². The molecule has 0 saturated heterocycles. The van der Waals surface area contributed by atoms with Crippen molar-refractivity contribution in [3.63, 3.8) is 0 Å². The summed E-state index contributed by atoms with van der Waals surface area (Å²) in [6.45, 7) is 6.35. The first kappa shape index (κ1) is 20.9. The Kier molecular flexibility index (Phi) is 5.70. The quantitative estimate of drug-likeness (QED) is 0.391. The Hall–Kier alpha value is -3.31. The molecule has 4 rings (SSSR count). The van der Waals surface area contributed by atoms with Crippen LogP contribution in [0.5, 0.6) is 5.75 Å². The molecule has 158 valence electrons. The first-order valence-electron chi connectivity index (χ1n) is 9.98. The third-order valence-electron chi connectivity index (χ3n) is 4.87. The van der Waals surface area contributed by atoms with Gasteiger partial charge in [-0.05, 0) is 53.4 Å². The Morgan fingerprint density at radius 2 is 1.81 bits per heavy atom. The van der Waals surface area contributed by atoms with Crippen LogP contribution in [0.1, 0.15) is 26.3 Å². The number of benzene rings is 3. The van der Waals surface area contributed by atoms with Crippen LogP contribution in [0.4, 0.5) is 5.69 Å². The molecule has 0 aliphatic carbocycles. The summed E-state index contributed by atoms with van der Waals surface area (Å²) < 4.78 is 11.5. The highest BCUT2D eigenvalue weighted by Crippen LogP contribution is 2.31. The molecule has 1 aromatic heterocycles. The molecule has 31 heavy (non-hydrogen) atoms. The molecule has 1 heterocycles. The van der Waals surface area contributed by atoms with Crippen LogP contribution in [0.2, 0.25) is 5.02 Å². The Morgan fingerprint density at radius 1 is 1.06 bits per heavy atom. The molecule has 5 nitrogen and oxygen atoms in total. The number of fused-ring (bicyclic) bond motifs is 1. The third kappa shape index (κ3) is 4.89. The molecule has 6 heteroatoms. The van der Waals surface area contributed by atoms with E-state index in [2.05, 4.69) is 31.1 Å². The maximum absolute atomic E-state index is 12.5. The largest absolute Gasteiger partial charge is 0.484 e. The van der Waals surface area contributed by atoms with Crippen LogP contribution >= 0.6 is 11.6 Å². The molecule has 0 radical (unpaired) electrons. The number of oxazole rings is 1. The van der Waals surface area contributed by atoms with E-state index in [-0.39, 0.29) is 17.9 Å². The lowest BCUT2D eigenvalue weighted by Crippen LogP contribution is -2.20. The number of para-hydroxylation sites is 1. The molecule has 1 amide bonds. The minimum atomic E-state index is -0.272. The van der Waals surface area contributed by atoms with E-state index in [1.165, 1.54) is 5.56 Å². The fourth-order valence-corrected chi connectivity index (χ4v) is 3.35. The molecule has 0 atom stereocenters. The van der Waals surface area contributed by atoms with E-state index in [1.54, 1.807) is 24.3 Å². The van der Waals surface area contributed by atoms with Crippen LogP contribution in [0, 0.1) is 0 Å². The topological polar surface area (TPSA) is 64.4 Å². The molecule has 0 unspecified atom stereocenters. The van der Waals surface area contributed by atoms with Crippen molar-refractivity contribution >= 4 is 34.3 Å². The average molecular weight is 435 g/mol. The van der Waals surface area contributed by atoms with Crippen molar-refractivity contribution in [1.82, 2.24) is 4.98 Å². The maximum Gasteiger partial charge on any atom is 0.262 e. The lowest BCUT2D eigenvalue weighted by molar-refractivity contribution is -0.118. The number of anilines is 1. The van der Waals surface area contributed by atoms with E-state index in [1.807, 2.05) is 42.5 Å². The first-order valence-corrected chi connectivity index (χ1v) is 10.4. The van der Waals surface area contributed by atoms with Crippen molar-refractivity contribution in [2.24, 2.45) is 0 Å². The van der Waals surface area contributed by atoms with Gasteiger partial charge in [-0.25, -0.2) is 4.98 Å². The van der Waals surface area contributed by atoms with Gasteiger partial charge in [0.15, 0.2) is 12.2 Å². The zero-order valence-corrected chi connectivity index (χ0v) is 18.4. The number of rotatable bonds is 5. The summed E-state index contributed by atoms with van der Waals surface area (Å²) in [4.78, 5) is 17.0. The molecule has 0 aliphatic rings. The monoisotopic (exact) mass is 434 g/mol. The van der Waals surface area contributed by atoms with E-state index in [9.17, 15) is 4.79 Å². The summed E-state index contributed by atoms with van der Waals surface area (Å²) in [7, 11) is 0. The number of aromatic nitrogens is 1. The number of nitrogens with one attached hydrogen (secondary N) is 1. The average Bonchev–Trinajstić information content (AvgIpc) is 3.15. The van der Waals surface area contributed by atoms with E-state index in [0.29, 0.717) is 39.0 Å². The Balaban J connectivity index is 1.46. The number of carbonyl (C=O) groups is 1. The highest BCUT2D eigenvalue weighted by atomic mass is 35.5. The number of carbonyl (C=O) groups excluding carboxylic acids is 1. The number of hydrogen-bond acceptors (Lipinski definition) is 4. The molecule has 1 N–H and O–H groups in total. The first-order chi connectivity index (χ1) is 14.8. The van der Waals surface area contributed by atoms with E-state index in [4.69, 9.17) is 20.8 Å². The minimum Gasteiger partial charge on any atom is -0.484 e. The van der Waals surface area contributed by atoms with Gasteiger partial charge in [0.05, 0.1) is 11.3 Å². The highest BCUT2D eigenvalue weighted by Gasteiger charge is 2.15. The highest BCUT2D eigenvalue weighted by molar-refractivity contribution is 6.31. The van der Waals surface area contributed by atoms with Crippen LogP contribution in [0.3, 0.4) is 0 Å². The van der Waals surface area contributed by atoms with Gasteiger partial charge < -0.3 is 14.5 Å². The van der Waals surface area contributed by atoms with E-state index in [0.717, 1.165) is 0 Å². The summed E-state index contributed by atoms with van der Waals surface area (Å²) in [6.07, 6.45) is 0. The second-order valence-corrected chi connectivity index (χ2v) is 8.72. The third-order valence-corrected chi connectivity index (χ3v) is 5.11. The summed E-state index contributed by atoms with van der Waals surface area (Å²) in [5.41, 5.74) is 3.83. The van der Waals surface area contributed by atoms with Gasteiger partial charge in [0.2, 0.25) is 5.89 Å². The van der Waals surface area contributed by atoms with Crippen molar-refractivity contribution in [3.05, 3.63) is 77.3 Å². The minimum absolute atomic E-state index is 0.0651. The number of hydrogen-bond donors (Lipinski definition) is 1. The number of amides is 1. The van der Waals surface area contributed by atoms with Gasteiger partial charge in [0.25, 0.3) is 5.91 Å². The second kappa shape index (κ2) is 8.44. The predicted molar refractivity (Wildman–Crippen MR) is 124 cm³/mol. The normalized spacial score (nSPS) is 11.5. The molecule has 0 fully saturated rings. The summed E-state index contributed by atoms with van der Waals surface area (Å²) >= 11 is 6.04. The molecule has 0 aliphatic heterocycles. The van der Waals surface area contributed by atoms with E-state index < -0.39 is 0 Å². The van der Waals surface area contributed by atoms with Crippen molar-refractivity contribution in [3.8, 4) is 17.2 Å². The Morgan fingerprint density at radius 3 is 2.55 bits per heavy atom. The van der Waals surface area contributed by atoms with E-state index >= 15 is 0 Å². The zero-order chi connectivity index (χ0) is 22.0. The molecule has 0 spiro atoms. The Bertz CT molecular complexity index is 1220. The lowest BCUT2D eigenvalue weighted by atomic mass is 9.87. The predicted octanol–water partition coefficient (Wildman–Crippen LogP) is 6.46. The maximum atomic E-state index is 12.5. The molecule has 3 aromatic carbocycles. The van der Waals surface area contributed by atoms with Crippen molar-refractivity contribution < 1.29 is 13.9 Å². The SMILES string of the molecule is CC(C)(C)c1ccc(OCC(=O)Nc2ccccc2-c2nc3cc(Cl)ccc3o2)cc1.